The van der Waals surface area contributed by atoms with Crippen molar-refractivity contribution in [3.05, 3.63) is 77.9 Å². The van der Waals surface area contributed by atoms with E-state index in [-0.39, 0.29) is 23.4 Å². The van der Waals surface area contributed by atoms with E-state index in [1.165, 1.54) is 16.8 Å². The van der Waals surface area contributed by atoms with E-state index in [0.29, 0.717) is 23.6 Å². The lowest BCUT2D eigenvalue weighted by atomic mass is 10.0. The Bertz CT molecular complexity index is 1400. The molecule has 4 aromatic rings. The van der Waals surface area contributed by atoms with Gasteiger partial charge in [0.05, 0.1) is 17.3 Å². The maximum absolute atomic E-state index is 13.4. The maximum Gasteiger partial charge on any atom is 0.292 e. The topological polar surface area (TPSA) is 116 Å². The summed E-state index contributed by atoms with van der Waals surface area (Å²) >= 11 is 0. The van der Waals surface area contributed by atoms with Crippen molar-refractivity contribution in [3.8, 4) is 0 Å². The van der Waals surface area contributed by atoms with Crippen molar-refractivity contribution < 1.29 is 18.4 Å². The minimum Gasteiger partial charge on any atom is -0.451 e. The molecule has 2 saturated heterocycles. The largest absolute Gasteiger partial charge is 0.451 e. The Labute approximate surface area is 199 Å². The fraction of sp³-hybridized carbons (Fsp3) is 0.208. The number of aryl methyl sites for hydroxylation is 1. The van der Waals surface area contributed by atoms with Gasteiger partial charge >= 0.3 is 0 Å². The highest BCUT2D eigenvalue weighted by molar-refractivity contribution is 6.04. The van der Waals surface area contributed by atoms with Gasteiger partial charge in [-0.05, 0) is 43.3 Å². The molecule has 3 unspecified atom stereocenters. The first kappa shape index (κ1) is 21.3. The van der Waals surface area contributed by atoms with Crippen LogP contribution in [0.4, 0.5) is 15.9 Å². The molecule has 3 atom stereocenters. The van der Waals surface area contributed by atoms with Gasteiger partial charge in [0.1, 0.15) is 23.4 Å². The fourth-order valence-electron chi connectivity index (χ4n) is 4.52. The number of hydrazine groups is 1. The van der Waals surface area contributed by atoms with Gasteiger partial charge in [-0.25, -0.2) is 14.5 Å². The molecule has 2 aliphatic heterocycles. The van der Waals surface area contributed by atoms with E-state index >= 15 is 0 Å². The normalized spacial score (nSPS) is 21.7. The number of nitrogens with one attached hydrogen (secondary N) is 4. The van der Waals surface area contributed by atoms with Gasteiger partial charge in [-0.3, -0.25) is 19.9 Å². The molecular weight excluding hydrogens is 453 g/mol. The monoisotopic (exact) mass is 475 g/mol. The van der Waals surface area contributed by atoms with Crippen molar-refractivity contribution in [1.82, 2.24) is 25.8 Å². The lowest BCUT2D eigenvalue weighted by Gasteiger charge is -2.37. The Morgan fingerprint density at radius 3 is 2.77 bits per heavy atom. The zero-order valence-corrected chi connectivity index (χ0v) is 18.7. The number of fused-ring (bicyclic) bond motifs is 2. The van der Waals surface area contributed by atoms with Gasteiger partial charge in [0, 0.05) is 18.0 Å². The number of halogens is 1. The van der Waals surface area contributed by atoms with Crippen LogP contribution in [0.3, 0.4) is 0 Å². The number of hydrogen-bond donors (Lipinski definition) is 4. The maximum atomic E-state index is 13.4. The molecule has 2 amide bonds. The van der Waals surface area contributed by atoms with Crippen LogP contribution in [0.2, 0.25) is 0 Å². The molecule has 2 aromatic carbocycles. The van der Waals surface area contributed by atoms with Crippen LogP contribution in [0.25, 0.3) is 11.0 Å². The van der Waals surface area contributed by atoms with Crippen LogP contribution in [0.1, 0.15) is 22.5 Å². The summed E-state index contributed by atoms with van der Waals surface area (Å²) in [6.07, 6.45) is -1.14. The quantitative estimate of drug-likeness (QED) is 0.358. The highest BCUT2D eigenvalue weighted by atomic mass is 19.1. The summed E-state index contributed by atoms with van der Waals surface area (Å²) in [6, 6.07) is 16.8. The van der Waals surface area contributed by atoms with Crippen LogP contribution in [0.15, 0.2) is 65.1 Å². The summed E-state index contributed by atoms with van der Waals surface area (Å²) < 4.78 is 20.6. The van der Waals surface area contributed by atoms with Crippen molar-refractivity contribution >= 4 is 34.3 Å². The summed E-state index contributed by atoms with van der Waals surface area (Å²) in [7, 11) is 0. The summed E-state index contributed by atoms with van der Waals surface area (Å²) in [4.78, 5) is 25.9. The van der Waals surface area contributed by atoms with Crippen molar-refractivity contribution in [2.24, 2.45) is 5.92 Å². The molecule has 4 heterocycles. The molecule has 0 bridgehead atoms. The molecule has 2 fully saturated rings. The molecule has 0 spiro atoms. The third kappa shape index (κ3) is 3.80. The Morgan fingerprint density at radius 2 is 1.97 bits per heavy atom. The molecule has 2 aromatic heterocycles. The minimum absolute atomic E-state index is 0.166. The lowest BCUT2D eigenvalue weighted by molar-refractivity contribution is -0.129. The van der Waals surface area contributed by atoms with Crippen LogP contribution in [-0.4, -0.2) is 34.3 Å². The number of anilines is 2. The molecule has 10 nitrogen and oxygen atoms in total. The predicted octanol–water partition coefficient (Wildman–Crippen LogP) is 2.47. The smallest absolute Gasteiger partial charge is 0.292 e. The molecule has 178 valence electrons. The highest BCUT2D eigenvalue weighted by Gasteiger charge is 2.45. The third-order valence-corrected chi connectivity index (χ3v) is 6.18. The number of nitrogens with zero attached hydrogens (tertiary/aromatic N) is 3. The first-order valence-corrected chi connectivity index (χ1v) is 11.2. The number of benzene rings is 2. The van der Waals surface area contributed by atoms with Gasteiger partial charge in [0.2, 0.25) is 5.91 Å². The Hall–Kier alpha value is -4.22. The number of para-hydroxylation sites is 1. The van der Waals surface area contributed by atoms with E-state index in [2.05, 4.69) is 26.5 Å². The number of amides is 2. The summed E-state index contributed by atoms with van der Waals surface area (Å²) in [5.41, 5.74) is 5.19. The average Bonchev–Trinajstić information content (AvgIpc) is 3.56. The Morgan fingerprint density at radius 1 is 1.17 bits per heavy atom. The van der Waals surface area contributed by atoms with Crippen LogP contribution in [0, 0.1) is 18.7 Å². The van der Waals surface area contributed by atoms with Gasteiger partial charge in [0.15, 0.2) is 12.0 Å². The number of rotatable bonds is 4. The molecular formula is C24H22FN7O3. The van der Waals surface area contributed by atoms with E-state index in [1.54, 1.807) is 42.3 Å². The van der Waals surface area contributed by atoms with E-state index in [0.717, 1.165) is 11.1 Å². The minimum atomic E-state index is -0.730. The van der Waals surface area contributed by atoms with Gasteiger partial charge in [-0.15, -0.1) is 0 Å². The standard InChI is InChI=1S/C24H22FN7O3/c1-13-10-20(27-23(34)19-11-14-4-2-3-5-18(14)35-19)32(30-13)24-28-21-17(22(33)29-24)12-26-31(21)16-8-6-15(25)7-9-16/h2-11,17,21,24,26,28H,12H2,1H3,(H,27,34)(H,29,33). The van der Waals surface area contributed by atoms with Crippen molar-refractivity contribution in [1.29, 1.82) is 0 Å². The van der Waals surface area contributed by atoms with Gasteiger partial charge < -0.3 is 15.1 Å². The SMILES string of the molecule is Cc1cc(NC(=O)c2cc3ccccc3o2)n(C2NC(=O)C3CNN(c4ccc(F)cc4)C3N2)n1. The molecule has 4 N–H and O–H groups in total. The second-order valence-corrected chi connectivity index (χ2v) is 8.56. The number of hydrogen-bond acceptors (Lipinski definition) is 7. The molecule has 2 aliphatic rings. The second kappa shape index (κ2) is 8.22. The van der Waals surface area contributed by atoms with Crippen molar-refractivity contribution in [2.75, 3.05) is 16.9 Å². The predicted molar refractivity (Wildman–Crippen MR) is 126 cm³/mol. The van der Waals surface area contributed by atoms with Crippen LogP contribution in [-0.2, 0) is 4.79 Å². The second-order valence-electron chi connectivity index (χ2n) is 8.56. The van der Waals surface area contributed by atoms with E-state index < -0.39 is 18.4 Å². The zero-order valence-electron chi connectivity index (χ0n) is 18.7. The van der Waals surface area contributed by atoms with E-state index in [4.69, 9.17) is 4.42 Å². The molecule has 0 radical (unpaired) electrons. The summed E-state index contributed by atoms with van der Waals surface area (Å²) in [6.45, 7) is 2.21. The highest BCUT2D eigenvalue weighted by Crippen LogP contribution is 2.28. The molecule has 0 saturated carbocycles. The summed E-state index contributed by atoms with van der Waals surface area (Å²) in [5.74, 6) is -0.755. The Kier molecular flexibility index (Phi) is 5.01. The van der Waals surface area contributed by atoms with Crippen molar-refractivity contribution in [3.63, 3.8) is 0 Å². The van der Waals surface area contributed by atoms with Crippen molar-refractivity contribution in [2.45, 2.75) is 19.4 Å². The fourth-order valence-corrected chi connectivity index (χ4v) is 4.52. The molecule has 35 heavy (non-hydrogen) atoms. The first-order valence-electron chi connectivity index (χ1n) is 11.2. The number of aromatic nitrogens is 2. The first-order chi connectivity index (χ1) is 17.0. The van der Waals surface area contributed by atoms with Crippen LogP contribution >= 0.6 is 0 Å². The lowest BCUT2D eigenvalue weighted by Crippen LogP contribution is -2.61. The number of carbonyl (C=O) groups is 2. The van der Waals surface area contributed by atoms with E-state index in [1.807, 2.05) is 18.2 Å². The molecule has 6 rings (SSSR count). The zero-order chi connectivity index (χ0) is 24.1. The number of carbonyl (C=O) groups excluding carboxylic acids is 2. The van der Waals surface area contributed by atoms with Gasteiger partial charge in [-0.2, -0.15) is 5.10 Å². The Balaban J connectivity index is 1.26. The third-order valence-electron chi connectivity index (χ3n) is 6.18. The van der Waals surface area contributed by atoms with Crippen LogP contribution in [0.5, 0.6) is 0 Å². The summed E-state index contributed by atoms with van der Waals surface area (Å²) in [5, 5.41) is 16.2. The van der Waals surface area contributed by atoms with Crippen LogP contribution < -0.4 is 26.4 Å². The van der Waals surface area contributed by atoms with Gasteiger partial charge in [0.25, 0.3) is 5.91 Å². The van der Waals surface area contributed by atoms with E-state index in [9.17, 15) is 14.0 Å². The van der Waals surface area contributed by atoms with Gasteiger partial charge in [-0.1, -0.05) is 18.2 Å². The molecule has 0 aliphatic carbocycles. The average molecular weight is 475 g/mol. The molecule has 11 heteroatoms. The number of furan rings is 1.